The van der Waals surface area contributed by atoms with Gasteiger partial charge in [-0.2, -0.15) is 4.98 Å². The fraction of sp³-hybridized carbons (Fsp3) is 0.238. The van der Waals surface area contributed by atoms with Gasteiger partial charge in [-0.15, -0.1) is 0 Å². The lowest BCUT2D eigenvalue weighted by molar-refractivity contribution is 0.414. The van der Waals surface area contributed by atoms with Crippen LogP contribution in [0.4, 0.5) is 17.5 Å². The van der Waals surface area contributed by atoms with Crippen molar-refractivity contribution < 1.29 is 4.74 Å². The molecule has 0 atom stereocenters. The first-order chi connectivity index (χ1) is 12.6. The van der Waals surface area contributed by atoms with Gasteiger partial charge in [-0.05, 0) is 47.4 Å². The fourth-order valence-electron chi connectivity index (χ4n) is 2.54. The molecule has 5 heteroatoms. The van der Waals surface area contributed by atoms with E-state index in [2.05, 4.69) is 58.7 Å². The molecule has 0 saturated heterocycles. The number of methoxy groups -OCH3 is 1. The molecule has 0 amide bonds. The van der Waals surface area contributed by atoms with Crippen molar-refractivity contribution >= 4 is 17.5 Å². The molecule has 1 heterocycles. The number of aromatic nitrogens is 2. The summed E-state index contributed by atoms with van der Waals surface area (Å²) in [5, 5.41) is 6.56. The minimum absolute atomic E-state index is 0.525. The predicted molar refractivity (Wildman–Crippen MR) is 106 cm³/mol. The highest BCUT2D eigenvalue weighted by molar-refractivity contribution is 5.57. The minimum Gasteiger partial charge on any atom is -0.497 e. The Bertz CT molecular complexity index is 829. The van der Waals surface area contributed by atoms with Crippen LogP contribution < -0.4 is 15.4 Å². The summed E-state index contributed by atoms with van der Waals surface area (Å²) in [5.41, 5.74) is 3.46. The second-order valence-electron chi connectivity index (χ2n) is 6.37. The number of ether oxygens (including phenoxy) is 1. The molecular weight excluding hydrogens is 324 g/mol. The van der Waals surface area contributed by atoms with Crippen molar-refractivity contribution in [1.82, 2.24) is 9.97 Å². The first-order valence-corrected chi connectivity index (χ1v) is 8.71. The average Bonchev–Trinajstić information content (AvgIpc) is 2.67. The minimum atomic E-state index is 0.525. The van der Waals surface area contributed by atoms with Crippen molar-refractivity contribution in [2.75, 3.05) is 17.7 Å². The summed E-state index contributed by atoms with van der Waals surface area (Å²) in [6.07, 6.45) is 1.74. The van der Waals surface area contributed by atoms with Crippen LogP contribution in [0.15, 0.2) is 60.8 Å². The molecule has 0 fully saturated rings. The summed E-state index contributed by atoms with van der Waals surface area (Å²) in [5.74, 6) is 2.72. The van der Waals surface area contributed by atoms with Gasteiger partial charge in [-0.3, -0.25) is 0 Å². The molecule has 3 aromatic rings. The van der Waals surface area contributed by atoms with Crippen LogP contribution >= 0.6 is 0 Å². The van der Waals surface area contributed by atoms with Gasteiger partial charge in [0.15, 0.2) is 0 Å². The van der Waals surface area contributed by atoms with E-state index in [1.807, 2.05) is 30.3 Å². The van der Waals surface area contributed by atoms with Crippen LogP contribution in [0, 0.1) is 0 Å². The Morgan fingerprint density at radius 3 is 2.35 bits per heavy atom. The SMILES string of the molecule is COc1ccc(CNc2nccc(Nc3ccc(C(C)C)cc3)n2)cc1. The summed E-state index contributed by atoms with van der Waals surface area (Å²) in [7, 11) is 1.66. The molecule has 2 N–H and O–H groups in total. The smallest absolute Gasteiger partial charge is 0.224 e. The van der Waals surface area contributed by atoms with Gasteiger partial charge in [0.1, 0.15) is 11.6 Å². The maximum Gasteiger partial charge on any atom is 0.224 e. The average molecular weight is 348 g/mol. The molecule has 26 heavy (non-hydrogen) atoms. The third-order valence-electron chi connectivity index (χ3n) is 4.12. The second kappa shape index (κ2) is 8.34. The number of benzene rings is 2. The largest absolute Gasteiger partial charge is 0.497 e. The number of hydrogen-bond acceptors (Lipinski definition) is 5. The van der Waals surface area contributed by atoms with E-state index in [4.69, 9.17) is 4.74 Å². The van der Waals surface area contributed by atoms with E-state index >= 15 is 0 Å². The number of anilines is 3. The maximum atomic E-state index is 5.17. The van der Waals surface area contributed by atoms with Crippen molar-refractivity contribution in [1.29, 1.82) is 0 Å². The quantitative estimate of drug-likeness (QED) is 0.632. The third kappa shape index (κ3) is 4.72. The Kier molecular flexibility index (Phi) is 5.69. The molecule has 134 valence electrons. The predicted octanol–water partition coefficient (Wildman–Crippen LogP) is 4.96. The highest BCUT2D eigenvalue weighted by Crippen LogP contribution is 2.20. The van der Waals surface area contributed by atoms with E-state index in [-0.39, 0.29) is 0 Å². The lowest BCUT2D eigenvalue weighted by Gasteiger charge is -2.10. The molecular formula is C21H24N4O. The zero-order valence-corrected chi connectivity index (χ0v) is 15.4. The number of nitrogens with one attached hydrogen (secondary N) is 2. The topological polar surface area (TPSA) is 59.1 Å². The van der Waals surface area contributed by atoms with Gasteiger partial charge in [0.2, 0.25) is 5.95 Å². The maximum absolute atomic E-state index is 5.17. The summed E-state index contributed by atoms with van der Waals surface area (Å²) in [6.45, 7) is 5.03. The summed E-state index contributed by atoms with van der Waals surface area (Å²) in [6, 6.07) is 18.2. The molecule has 0 saturated carbocycles. The van der Waals surface area contributed by atoms with Crippen LogP contribution in [0.25, 0.3) is 0 Å². The molecule has 0 unspecified atom stereocenters. The van der Waals surface area contributed by atoms with Crippen LogP contribution in [-0.2, 0) is 6.54 Å². The number of nitrogens with zero attached hydrogens (tertiary/aromatic N) is 2. The van der Waals surface area contributed by atoms with Crippen LogP contribution in [0.2, 0.25) is 0 Å². The Balaban J connectivity index is 1.62. The molecule has 0 radical (unpaired) electrons. The van der Waals surface area contributed by atoms with Crippen LogP contribution in [-0.4, -0.2) is 17.1 Å². The standard InChI is InChI=1S/C21H24N4O/c1-15(2)17-6-8-18(9-7-17)24-20-12-13-22-21(25-20)23-14-16-4-10-19(26-3)11-5-16/h4-13,15H,14H2,1-3H3,(H2,22,23,24,25). The molecule has 0 aliphatic carbocycles. The summed E-state index contributed by atoms with van der Waals surface area (Å²) < 4.78 is 5.17. The molecule has 0 aliphatic rings. The Labute approximate surface area is 154 Å². The Morgan fingerprint density at radius 2 is 1.69 bits per heavy atom. The third-order valence-corrected chi connectivity index (χ3v) is 4.12. The van der Waals surface area contributed by atoms with Gasteiger partial charge in [-0.1, -0.05) is 38.1 Å². The van der Waals surface area contributed by atoms with Gasteiger partial charge >= 0.3 is 0 Å². The van der Waals surface area contributed by atoms with Crippen LogP contribution in [0.5, 0.6) is 5.75 Å². The van der Waals surface area contributed by atoms with Crippen molar-refractivity contribution in [2.45, 2.75) is 26.3 Å². The van der Waals surface area contributed by atoms with Crippen molar-refractivity contribution in [3.63, 3.8) is 0 Å². The molecule has 3 rings (SSSR count). The van der Waals surface area contributed by atoms with Gasteiger partial charge in [0.05, 0.1) is 7.11 Å². The van der Waals surface area contributed by atoms with Crippen molar-refractivity contribution in [3.05, 3.63) is 71.9 Å². The number of rotatable bonds is 7. The summed E-state index contributed by atoms with van der Waals surface area (Å²) >= 11 is 0. The molecule has 1 aromatic heterocycles. The molecule has 0 bridgehead atoms. The monoisotopic (exact) mass is 348 g/mol. The fourth-order valence-corrected chi connectivity index (χ4v) is 2.54. The van der Waals surface area contributed by atoms with Crippen LogP contribution in [0.1, 0.15) is 30.9 Å². The van der Waals surface area contributed by atoms with E-state index in [1.165, 1.54) is 5.56 Å². The molecule has 0 spiro atoms. The van der Waals surface area contributed by atoms with Crippen LogP contribution in [0.3, 0.4) is 0 Å². The van der Waals surface area contributed by atoms with E-state index in [9.17, 15) is 0 Å². The molecule has 5 nitrogen and oxygen atoms in total. The summed E-state index contributed by atoms with van der Waals surface area (Å²) in [4.78, 5) is 8.80. The van der Waals surface area contributed by atoms with E-state index in [0.29, 0.717) is 18.4 Å². The zero-order valence-electron chi connectivity index (χ0n) is 15.4. The second-order valence-corrected chi connectivity index (χ2v) is 6.37. The van der Waals surface area contributed by atoms with Crippen molar-refractivity contribution in [2.24, 2.45) is 0 Å². The normalized spacial score (nSPS) is 10.6. The van der Waals surface area contributed by atoms with Crippen molar-refractivity contribution in [3.8, 4) is 5.75 Å². The molecule has 2 aromatic carbocycles. The highest BCUT2D eigenvalue weighted by atomic mass is 16.5. The van der Waals surface area contributed by atoms with Gasteiger partial charge in [0.25, 0.3) is 0 Å². The van der Waals surface area contributed by atoms with E-state index in [0.717, 1.165) is 22.8 Å². The lowest BCUT2D eigenvalue weighted by atomic mass is 10.0. The first-order valence-electron chi connectivity index (χ1n) is 8.71. The molecule has 0 aliphatic heterocycles. The van der Waals surface area contributed by atoms with E-state index < -0.39 is 0 Å². The van der Waals surface area contributed by atoms with E-state index in [1.54, 1.807) is 13.3 Å². The Hall–Kier alpha value is -3.08. The lowest BCUT2D eigenvalue weighted by Crippen LogP contribution is -2.05. The Morgan fingerprint density at radius 1 is 0.962 bits per heavy atom. The highest BCUT2D eigenvalue weighted by Gasteiger charge is 2.02. The first kappa shape index (κ1) is 17.7. The van der Waals surface area contributed by atoms with Gasteiger partial charge in [0, 0.05) is 18.4 Å². The van der Waals surface area contributed by atoms with Gasteiger partial charge in [-0.25, -0.2) is 4.98 Å². The zero-order chi connectivity index (χ0) is 18.4. The number of hydrogen-bond donors (Lipinski definition) is 2. The van der Waals surface area contributed by atoms with Gasteiger partial charge < -0.3 is 15.4 Å².